The maximum absolute atomic E-state index is 11.8. The molecular formula is C49H61NO4S. The summed E-state index contributed by atoms with van der Waals surface area (Å²) in [6.07, 6.45) is 22.9. The number of hydrogen-bond donors (Lipinski definition) is 1. The van der Waals surface area contributed by atoms with E-state index in [1.165, 1.54) is 60.3 Å². The van der Waals surface area contributed by atoms with Gasteiger partial charge < -0.3 is 19.5 Å². The number of hydrogen-bond acceptors (Lipinski definition) is 5. The molecule has 0 amide bonds. The number of carboxylic acid groups (broad SMARTS) is 1. The highest BCUT2D eigenvalue weighted by Gasteiger charge is 2.43. The third-order valence-corrected chi connectivity index (χ3v) is 13.1. The van der Waals surface area contributed by atoms with Crippen molar-refractivity contribution in [2.45, 2.75) is 121 Å². The zero-order valence-corrected chi connectivity index (χ0v) is 34.7. The van der Waals surface area contributed by atoms with E-state index in [0.717, 1.165) is 67.1 Å². The fraction of sp³-hybridized carbons (Fsp3) is 0.449. The number of aromatic carboxylic acids is 1. The summed E-state index contributed by atoms with van der Waals surface area (Å²) in [6.45, 7) is 15.2. The molecule has 4 unspecified atom stereocenters. The summed E-state index contributed by atoms with van der Waals surface area (Å²) in [6, 6.07) is 22.5. The molecule has 3 aliphatic rings. The summed E-state index contributed by atoms with van der Waals surface area (Å²) in [4.78, 5) is 15.3. The Bertz CT molecular complexity index is 1910. The highest BCUT2D eigenvalue weighted by Crippen LogP contribution is 2.57. The number of rotatable bonds is 18. The van der Waals surface area contributed by atoms with Crippen LogP contribution in [0.5, 0.6) is 5.75 Å². The quantitative estimate of drug-likeness (QED) is 0.139. The van der Waals surface area contributed by atoms with Crippen LogP contribution in [-0.4, -0.2) is 34.6 Å². The predicted molar refractivity (Wildman–Crippen MR) is 231 cm³/mol. The standard InChI is InChI=1S/C49H61NO4S/c1-7-11-13-35(9-3)33-53-43-23-17-37(18-24-43)40-19-25-44-45(31-40)55-49(6)32-41(20-26-46(49)50(44)42-21-15-39(16-22-42)47(51)52)38-27-29-48(5,30-28-38)54-34-36(10-4)14-12-8-2/h15-29,31,35-36H,7-14,30,32-34H2,1-6H3,(H,51,52). The van der Waals surface area contributed by atoms with Crippen LogP contribution in [0.3, 0.4) is 0 Å². The van der Waals surface area contributed by atoms with Crippen molar-refractivity contribution in [3.8, 4) is 16.9 Å². The van der Waals surface area contributed by atoms with Crippen LogP contribution in [0.15, 0.2) is 119 Å². The SMILES string of the molecule is CCCCC(CC)COc1ccc(-c2ccc3c(c2)SC2(C)CC(C4=CCC(C)(OCC(CC)CCCC)C=C4)=CC=C2N3c2ccc(C(=O)O)cc2)cc1. The maximum atomic E-state index is 11.8. The molecule has 0 saturated heterocycles. The highest BCUT2D eigenvalue weighted by atomic mass is 32.2. The molecule has 55 heavy (non-hydrogen) atoms. The number of nitrogens with zero attached hydrogens (tertiary/aromatic N) is 1. The average Bonchev–Trinajstić information content (AvgIpc) is 3.20. The van der Waals surface area contributed by atoms with Gasteiger partial charge in [0.05, 0.1) is 34.8 Å². The fourth-order valence-corrected chi connectivity index (χ4v) is 9.38. The molecule has 4 atom stereocenters. The third kappa shape index (κ3) is 9.70. The molecule has 2 aliphatic carbocycles. The second kappa shape index (κ2) is 18.3. The lowest BCUT2D eigenvalue weighted by Gasteiger charge is -2.46. The van der Waals surface area contributed by atoms with Crippen LogP contribution in [0.4, 0.5) is 11.4 Å². The molecule has 6 rings (SSSR count). The molecule has 5 nitrogen and oxygen atoms in total. The molecule has 1 heterocycles. The van der Waals surface area contributed by atoms with Crippen molar-refractivity contribution in [1.29, 1.82) is 0 Å². The maximum Gasteiger partial charge on any atom is 0.335 e. The van der Waals surface area contributed by atoms with Crippen LogP contribution in [0.2, 0.25) is 0 Å². The zero-order chi connectivity index (χ0) is 39.0. The van der Waals surface area contributed by atoms with Gasteiger partial charge in [-0.3, -0.25) is 0 Å². The van der Waals surface area contributed by atoms with E-state index in [1.54, 1.807) is 12.1 Å². The molecule has 1 aliphatic heterocycles. The molecule has 0 bridgehead atoms. The molecule has 0 spiro atoms. The van der Waals surface area contributed by atoms with Crippen molar-refractivity contribution in [2.24, 2.45) is 11.8 Å². The van der Waals surface area contributed by atoms with E-state index in [-0.39, 0.29) is 15.9 Å². The molecular weight excluding hydrogens is 699 g/mol. The van der Waals surface area contributed by atoms with Crippen molar-refractivity contribution < 1.29 is 19.4 Å². The van der Waals surface area contributed by atoms with Gasteiger partial charge in [0.15, 0.2) is 0 Å². The minimum Gasteiger partial charge on any atom is -0.493 e. The Hall–Kier alpha value is -4.00. The molecule has 3 aromatic carbocycles. The zero-order valence-electron chi connectivity index (χ0n) is 33.9. The fourth-order valence-electron chi connectivity index (χ4n) is 7.95. The number of benzene rings is 3. The summed E-state index contributed by atoms with van der Waals surface area (Å²) in [7, 11) is 0. The van der Waals surface area contributed by atoms with E-state index >= 15 is 0 Å². The van der Waals surface area contributed by atoms with Gasteiger partial charge in [-0.1, -0.05) is 109 Å². The number of thioether (sulfide) groups is 1. The molecule has 1 N–H and O–H groups in total. The van der Waals surface area contributed by atoms with Crippen molar-refractivity contribution in [3.63, 3.8) is 0 Å². The Labute approximate surface area is 334 Å². The lowest BCUT2D eigenvalue weighted by atomic mass is 9.83. The summed E-state index contributed by atoms with van der Waals surface area (Å²) in [5.74, 6) is 1.20. The lowest BCUT2D eigenvalue weighted by molar-refractivity contribution is -0.0156. The Morgan fingerprint density at radius 2 is 1.53 bits per heavy atom. The Kier molecular flexibility index (Phi) is 13.5. The second-order valence-corrected chi connectivity index (χ2v) is 17.7. The van der Waals surface area contributed by atoms with Gasteiger partial charge in [-0.05, 0) is 128 Å². The summed E-state index contributed by atoms with van der Waals surface area (Å²) in [5, 5.41) is 9.64. The first kappa shape index (κ1) is 40.7. The van der Waals surface area contributed by atoms with Gasteiger partial charge in [0.2, 0.25) is 0 Å². The predicted octanol–water partition coefficient (Wildman–Crippen LogP) is 13.7. The molecule has 292 valence electrons. The molecule has 0 fully saturated rings. The van der Waals surface area contributed by atoms with Crippen molar-refractivity contribution in [1.82, 2.24) is 0 Å². The van der Waals surface area contributed by atoms with Crippen LogP contribution in [0, 0.1) is 11.8 Å². The van der Waals surface area contributed by atoms with Crippen molar-refractivity contribution in [3.05, 3.63) is 120 Å². The number of anilines is 2. The van der Waals surface area contributed by atoms with Gasteiger partial charge in [0.1, 0.15) is 5.75 Å². The number of carbonyl (C=O) groups is 1. The molecule has 0 saturated carbocycles. The van der Waals surface area contributed by atoms with E-state index < -0.39 is 5.97 Å². The van der Waals surface area contributed by atoms with Crippen LogP contribution in [-0.2, 0) is 4.74 Å². The van der Waals surface area contributed by atoms with E-state index in [9.17, 15) is 9.90 Å². The first-order chi connectivity index (χ1) is 26.6. The van der Waals surface area contributed by atoms with E-state index in [4.69, 9.17) is 9.47 Å². The molecule has 3 aromatic rings. The minimum atomic E-state index is -0.921. The van der Waals surface area contributed by atoms with Gasteiger partial charge in [-0.2, -0.15) is 0 Å². The summed E-state index contributed by atoms with van der Waals surface area (Å²) >= 11 is 1.92. The summed E-state index contributed by atoms with van der Waals surface area (Å²) < 4.78 is 12.5. The Morgan fingerprint density at radius 3 is 2.15 bits per heavy atom. The van der Waals surface area contributed by atoms with Gasteiger partial charge >= 0.3 is 5.97 Å². The van der Waals surface area contributed by atoms with Gasteiger partial charge in [0, 0.05) is 16.3 Å². The molecule has 0 aromatic heterocycles. The minimum absolute atomic E-state index is 0.258. The second-order valence-electron chi connectivity index (χ2n) is 16.1. The highest BCUT2D eigenvalue weighted by molar-refractivity contribution is 8.01. The van der Waals surface area contributed by atoms with Crippen LogP contribution in [0.25, 0.3) is 11.1 Å². The van der Waals surface area contributed by atoms with Crippen molar-refractivity contribution in [2.75, 3.05) is 18.1 Å². The van der Waals surface area contributed by atoms with Crippen molar-refractivity contribution >= 4 is 29.1 Å². The van der Waals surface area contributed by atoms with Crippen LogP contribution in [0.1, 0.15) is 116 Å². The number of carboxylic acids is 1. The number of allylic oxidation sites excluding steroid dienone is 5. The van der Waals surface area contributed by atoms with Gasteiger partial charge in [0.25, 0.3) is 0 Å². The average molecular weight is 760 g/mol. The Morgan fingerprint density at radius 1 is 0.855 bits per heavy atom. The van der Waals surface area contributed by atoms with Crippen LogP contribution < -0.4 is 9.64 Å². The summed E-state index contributed by atoms with van der Waals surface area (Å²) in [5.41, 5.74) is 8.15. The number of unbranched alkanes of at least 4 members (excludes halogenated alkanes) is 2. The number of fused-ring (bicyclic) bond motifs is 2. The topological polar surface area (TPSA) is 59.0 Å². The Balaban J connectivity index is 1.25. The monoisotopic (exact) mass is 759 g/mol. The number of ether oxygens (including phenoxy) is 2. The van der Waals surface area contributed by atoms with E-state index in [0.29, 0.717) is 11.8 Å². The normalized spacial score (nSPS) is 21.5. The first-order valence-corrected chi connectivity index (χ1v) is 21.5. The largest absolute Gasteiger partial charge is 0.493 e. The van der Waals surface area contributed by atoms with Crippen LogP contribution >= 0.6 is 11.8 Å². The lowest BCUT2D eigenvalue weighted by Crippen LogP contribution is -2.39. The first-order valence-electron chi connectivity index (χ1n) is 20.7. The van der Waals surface area contributed by atoms with E-state index in [1.807, 2.05) is 23.9 Å². The third-order valence-electron chi connectivity index (χ3n) is 11.8. The molecule has 0 radical (unpaired) electrons. The van der Waals surface area contributed by atoms with E-state index in [2.05, 4.69) is 119 Å². The van der Waals surface area contributed by atoms with Gasteiger partial charge in [-0.15, -0.1) is 11.8 Å². The van der Waals surface area contributed by atoms with Gasteiger partial charge in [-0.25, -0.2) is 4.79 Å². The molecule has 6 heteroatoms. The smallest absolute Gasteiger partial charge is 0.335 e.